The normalized spacial score (nSPS) is 16.5. The van der Waals surface area contributed by atoms with Crippen LogP contribution in [0, 0.1) is 17.3 Å². The van der Waals surface area contributed by atoms with E-state index in [-0.39, 0.29) is 11.7 Å². The number of anilines is 2. The molecule has 0 aliphatic carbocycles. The zero-order valence-electron chi connectivity index (χ0n) is 22.6. The number of likely N-dealkylation sites (tertiary alicyclic amines) is 1. The Bertz CT molecular complexity index is 1750. The number of halogens is 3. The molecule has 0 unspecified atom stereocenters. The predicted molar refractivity (Wildman–Crippen MR) is 161 cm³/mol. The van der Waals surface area contributed by atoms with E-state index in [2.05, 4.69) is 48.9 Å². The van der Waals surface area contributed by atoms with E-state index in [0.29, 0.717) is 38.8 Å². The lowest BCUT2D eigenvalue weighted by molar-refractivity contribution is 0.186. The molecule has 0 radical (unpaired) electrons. The molecule has 0 bridgehead atoms. The van der Waals surface area contributed by atoms with Crippen LogP contribution in [0.3, 0.4) is 0 Å². The Kier molecular flexibility index (Phi) is 8.26. The van der Waals surface area contributed by atoms with E-state index >= 15 is 0 Å². The van der Waals surface area contributed by atoms with Crippen molar-refractivity contribution < 1.29 is 4.39 Å². The first-order valence-corrected chi connectivity index (χ1v) is 15.2. The Morgan fingerprint density at radius 3 is 2.67 bits per heavy atom. The first-order valence-electron chi connectivity index (χ1n) is 13.5. The van der Waals surface area contributed by atoms with Crippen molar-refractivity contribution in [2.24, 2.45) is 4.99 Å². The molecule has 0 spiro atoms. The second-order valence-electron chi connectivity index (χ2n) is 10.1. The number of benzene rings is 2. The van der Waals surface area contributed by atoms with Crippen molar-refractivity contribution in [3.8, 4) is 6.19 Å². The molecule has 216 valence electrons. The van der Waals surface area contributed by atoms with Crippen molar-refractivity contribution in [3.05, 3.63) is 85.2 Å². The van der Waals surface area contributed by atoms with E-state index in [4.69, 9.17) is 23.2 Å². The van der Waals surface area contributed by atoms with E-state index in [0.717, 1.165) is 43.9 Å². The summed E-state index contributed by atoms with van der Waals surface area (Å²) < 4.78 is 15.8. The molecule has 4 heterocycles. The quantitative estimate of drug-likeness (QED) is 0.274. The molecule has 10 nitrogen and oxygen atoms in total. The van der Waals surface area contributed by atoms with Crippen LogP contribution in [-0.4, -0.2) is 56.1 Å². The minimum atomic E-state index is -0.533. The van der Waals surface area contributed by atoms with E-state index in [1.807, 2.05) is 22.3 Å². The fourth-order valence-corrected chi connectivity index (χ4v) is 6.28. The van der Waals surface area contributed by atoms with Gasteiger partial charge >= 0.3 is 0 Å². The Morgan fingerprint density at radius 1 is 1.14 bits per heavy atom. The van der Waals surface area contributed by atoms with Crippen LogP contribution in [0.4, 0.5) is 15.8 Å². The number of rotatable bonds is 8. The third-order valence-electron chi connectivity index (χ3n) is 7.52. The van der Waals surface area contributed by atoms with Gasteiger partial charge in [0.15, 0.2) is 6.19 Å². The molecule has 2 aliphatic heterocycles. The summed E-state index contributed by atoms with van der Waals surface area (Å²) in [5.41, 5.74) is 4.50. The highest BCUT2D eigenvalue weighted by atomic mass is 35.5. The molecule has 1 fully saturated rings. The van der Waals surface area contributed by atoms with Crippen molar-refractivity contribution >= 4 is 51.7 Å². The van der Waals surface area contributed by atoms with Crippen molar-refractivity contribution in [2.45, 2.75) is 31.8 Å². The molecule has 2 N–H and O–H groups in total. The summed E-state index contributed by atoms with van der Waals surface area (Å²) >= 11 is 14.2. The molecule has 1 saturated heterocycles. The van der Waals surface area contributed by atoms with Crippen LogP contribution in [-0.2, 0) is 0 Å². The van der Waals surface area contributed by atoms with E-state index in [1.54, 1.807) is 17.6 Å². The van der Waals surface area contributed by atoms with Crippen LogP contribution in [0.25, 0.3) is 5.82 Å². The summed E-state index contributed by atoms with van der Waals surface area (Å²) in [5.74, 6) is -0.0836. The first-order chi connectivity index (χ1) is 20.4. The molecule has 6 rings (SSSR count). The number of aromatic nitrogens is 4. The molecule has 0 amide bonds. The second kappa shape index (κ2) is 12.2. The number of hydrogen-bond acceptors (Lipinski definition) is 10. The summed E-state index contributed by atoms with van der Waals surface area (Å²) in [7, 11) is 0. The Labute approximate surface area is 255 Å². The smallest absolute Gasteiger partial charge is 0.187 e. The number of nitriles is 1. The zero-order chi connectivity index (χ0) is 29.2. The Morgan fingerprint density at radius 2 is 1.95 bits per heavy atom. The molecule has 1 atom stereocenters. The van der Waals surface area contributed by atoms with Crippen LogP contribution >= 0.6 is 34.5 Å². The monoisotopic (exact) mass is 624 g/mol. The summed E-state index contributed by atoms with van der Waals surface area (Å²) in [6.07, 6.45) is 6.19. The van der Waals surface area contributed by atoms with Crippen molar-refractivity contribution in [3.63, 3.8) is 0 Å². The van der Waals surface area contributed by atoms with E-state index in [9.17, 15) is 9.65 Å². The van der Waals surface area contributed by atoms with Gasteiger partial charge in [-0.1, -0.05) is 35.3 Å². The van der Waals surface area contributed by atoms with Crippen LogP contribution in [0.5, 0.6) is 0 Å². The fourth-order valence-electron chi connectivity index (χ4n) is 5.24. The highest BCUT2D eigenvalue weighted by Gasteiger charge is 2.25. The number of thiazole rings is 1. The number of fused-ring (bicyclic) bond motifs is 1. The van der Waals surface area contributed by atoms with Crippen LogP contribution in [0.15, 0.2) is 52.4 Å². The summed E-state index contributed by atoms with van der Waals surface area (Å²) in [5, 5.41) is 29.1. The standard InChI is InChI=1S/C28H27Cl2FN10S/c1-2-39-7-5-19(6-8-39)41-12-24(37-38-41)27(25-13-42-16-34-25)35-18-9-20-26(22(30)11-18)33-15-40(14-32)28(20)36-17-3-4-23(31)21(29)10-17/h3-4,9-13,16,19,27,35-36H,2,5-8,15H2,1H3/t27-/m1/s1. The molecule has 2 aromatic heterocycles. The van der Waals surface area contributed by atoms with Crippen molar-refractivity contribution in [1.82, 2.24) is 29.8 Å². The van der Waals surface area contributed by atoms with Gasteiger partial charge in [-0.25, -0.2) is 19.0 Å². The van der Waals surface area contributed by atoms with E-state index in [1.165, 1.54) is 28.4 Å². The molecular weight excluding hydrogens is 598 g/mol. The summed E-state index contributed by atoms with van der Waals surface area (Å²) in [4.78, 5) is 12.9. The largest absolute Gasteiger partial charge is 0.371 e. The SMILES string of the molecule is CCN1CCC(n2cc([C@@H](Nc3cc(Cl)c4c(c3)=C(Nc3ccc(F)c(Cl)c3)N(C#N)CN=4)c3cscn3)nn2)CC1. The topological polar surface area (TPSA) is 110 Å². The molecular formula is C28H27Cl2FN10S. The molecule has 2 aromatic carbocycles. The Balaban J connectivity index is 1.36. The summed E-state index contributed by atoms with van der Waals surface area (Å²) in [6, 6.07) is 7.84. The lowest BCUT2D eigenvalue weighted by Gasteiger charge is -2.30. The summed E-state index contributed by atoms with van der Waals surface area (Å²) in [6.45, 7) is 5.40. The predicted octanol–water partition coefficient (Wildman–Crippen LogP) is 4.59. The molecule has 0 saturated carbocycles. The van der Waals surface area contributed by atoms with Crippen molar-refractivity contribution in [2.75, 3.05) is 36.9 Å². The molecule has 2 aliphatic rings. The maximum absolute atomic E-state index is 13.8. The van der Waals surface area contributed by atoms with Gasteiger partial charge in [0.25, 0.3) is 0 Å². The first kappa shape index (κ1) is 28.4. The Hall–Kier alpha value is -3.76. The van der Waals surface area contributed by atoms with Gasteiger partial charge in [-0.2, -0.15) is 5.26 Å². The van der Waals surface area contributed by atoms with Gasteiger partial charge < -0.3 is 15.5 Å². The number of piperidine rings is 1. The lowest BCUT2D eigenvalue weighted by Crippen LogP contribution is -2.42. The van der Waals surface area contributed by atoms with Crippen LogP contribution < -0.4 is 21.2 Å². The zero-order valence-corrected chi connectivity index (χ0v) is 25.0. The van der Waals surface area contributed by atoms with E-state index < -0.39 is 11.9 Å². The van der Waals surface area contributed by atoms with Gasteiger partial charge in [-0.05, 0) is 49.7 Å². The maximum Gasteiger partial charge on any atom is 0.187 e. The van der Waals surface area contributed by atoms with Gasteiger partial charge in [0.1, 0.15) is 30.0 Å². The number of nitrogens with one attached hydrogen (secondary N) is 2. The van der Waals surface area contributed by atoms with Crippen LogP contribution in [0.2, 0.25) is 10.0 Å². The second-order valence-corrected chi connectivity index (χ2v) is 11.6. The average molecular weight is 626 g/mol. The number of nitrogens with zero attached hydrogens (tertiary/aromatic N) is 8. The average Bonchev–Trinajstić information content (AvgIpc) is 3.72. The van der Waals surface area contributed by atoms with Gasteiger partial charge in [0.05, 0.1) is 38.8 Å². The maximum atomic E-state index is 13.8. The highest BCUT2D eigenvalue weighted by Crippen LogP contribution is 2.28. The third kappa shape index (κ3) is 5.78. The van der Waals surface area contributed by atoms with Gasteiger partial charge in [0, 0.05) is 35.1 Å². The van der Waals surface area contributed by atoms with Gasteiger partial charge in [-0.15, -0.1) is 16.4 Å². The van der Waals surface area contributed by atoms with Crippen LogP contribution in [0.1, 0.15) is 43.2 Å². The molecule has 14 heteroatoms. The minimum absolute atomic E-state index is 0.0339. The molecule has 4 aromatic rings. The molecule has 42 heavy (non-hydrogen) atoms. The minimum Gasteiger partial charge on any atom is -0.371 e. The number of hydrogen-bond donors (Lipinski definition) is 2. The van der Waals surface area contributed by atoms with Crippen molar-refractivity contribution in [1.29, 1.82) is 5.26 Å². The lowest BCUT2D eigenvalue weighted by atomic mass is 10.1. The van der Waals surface area contributed by atoms with Gasteiger partial charge in [-0.3, -0.25) is 4.99 Å². The third-order valence-corrected chi connectivity index (χ3v) is 8.70. The fraction of sp³-hybridized carbons (Fsp3) is 0.321. The highest BCUT2D eigenvalue weighted by molar-refractivity contribution is 7.07. The van der Waals surface area contributed by atoms with Gasteiger partial charge in [0.2, 0.25) is 0 Å².